The maximum absolute atomic E-state index is 12.1. The van der Waals surface area contributed by atoms with E-state index in [-0.39, 0.29) is 27.2 Å². The van der Waals surface area contributed by atoms with Crippen molar-refractivity contribution in [3.63, 3.8) is 0 Å². The molecular formula is C11H12Cl2N4O2S. The molecule has 2 aromatic rings. The van der Waals surface area contributed by atoms with Crippen LogP contribution in [-0.4, -0.2) is 24.5 Å². The summed E-state index contributed by atoms with van der Waals surface area (Å²) in [5, 5.41) is 0.139. The topological polar surface area (TPSA) is 90.0 Å². The van der Waals surface area contributed by atoms with E-state index in [1.54, 1.807) is 23.3 Å². The second-order valence-electron chi connectivity index (χ2n) is 3.97. The minimum atomic E-state index is -3.74. The molecule has 0 aliphatic carbocycles. The van der Waals surface area contributed by atoms with Gasteiger partial charge in [0.25, 0.3) is 0 Å². The number of sulfonamides is 1. The minimum Gasteiger partial charge on any atom is -0.396 e. The summed E-state index contributed by atoms with van der Waals surface area (Å²) in [4.78, 5) is 3.77. The maximum Gasteiger partial charge on any atom is 0.242 e. The molecule has 1 aromatic heterocycles. The van der Waals surface area contributed by atoms with E-state index >= 15 is 0 Å². The van der Waals surface area contributed by atoms with Crippen LogP contribution in [0.25, 0.3) is 0 Å². The quantitative estimate of drug-likeness (QED) is 0.815. The first-order valence-corrected chi connectivity index (χ1v) is 7.84. The molecule has 0 fully saturated rings. The average molecular weight is 335 g/mol. The van der Waals surface area contributed by atoms with Crippen LogP contribution in [0, 0.1) is 0 Å². The van der Waals surface area contributed by atoms with Crippen LogP contribution >= 0.6 is 23.2 Å². The fourth-order valence-electron chi connectivity index (χ4n) is 1.56. The first-order valence-electron chi connectivity index (χ1n) is 5.60. The molecule has 6 nitrogen and oxygen atoms in total. The van der Waals surface area contributed by atoms with Crippen LogP contribution in [0.5, 0.6) is 0 Å². The Bertz CT molecular complexity index is 701. The molecule has 1 aromatic carbocycles. The number of hydrogen-bond donors (Lipinski definition) is 2. The molecular weight excluding hydrogens is 323 g/mol. The Balaban J connectivity index is 2.12. The van der Waals surface area contributed by atoms with Gasteiger partial charge in [-0.3, -0.25) is 0 Å². The molecule has 0 amide bonds. The van der Waals surface area contributed by atoms with Crippen molar-refractivity contribution in [3.8, 4) is 0 Å². The third-order valence-electron chi connectivity index (χ3n) is 2.60. The van der Waals surface area contributed by atoms with Gasteiger partial charge >= 0.3 is 0 Å². The molecule has 0 unspecified atom stereocenters. The number of benzene rings is 1. The number of nitrogens with two attached hydrogens (primary N) is 1. The average Bonchev–Trinajstić information content (AvgIpc) is 2.88. The predicted octanol–water partition coefficient (Wildman–Crippen LogP) is 1.75. The standard InChI is InChI=1S/C11H12Cl2N4O2S/c12-8-1-2-9(10(13)11(8)14)20(18,19)16-4-6-17-5-3-15-7-17/h1-3,5,7,16H,4,6,14H2. The highest BCUT2D eigenvalue weighted by Crippen LogP contribution is 2.32. The van der Waals surface area contributed by atoms with Crippen LogP contribution in [-0.2, 0) is 16.6 Å². The third-order valence-corrected chi connectivity index (χ3v) is 4.95. The van der Waals surface area contributed by atoms with Crippen LogP contribution in [0.15, 0.2) is 35.7 Å². The lowest BCUT2D eigenvalue weighted by molar-refractivity contribution is 0.573. The first-order chi connectivity index (χ1) is 9.42. The van der Waals surface area contributed by atoms with Crippen LogP contribution in [0.3, 0.4) is 0 Å². The number of hydrogen-bond acceptors (Lipinski definition) is 4. The van der Waals surface area contributed by atoms with E-state index in [1.807, 2.05) is 0 Å². The molecule has 0 bridgehead atoms. The van der Waals surface area contributed by atoms with Crippen molar-refractivity contribution in [2.24, 2.45) is 0 Å². The number of halogens is 2. The van der Waals surface area contributed by atoms with Gasteiger partial charge in [0, 0.05) is 25.5 Å². The van der Waals surface area contributed by atoms with E-state index in [4.69, 9.17) is 28.9 Å². The summed E-state index contributed by atoms with van der Waals surface area (Å²) in [6.07, 6.45) is 4.95. The lowest BCUT2D eigenvalue weighted by Crippen LogP contribution is -2.27. The number of rotatable bonds is 5. The summed E-state index contributed by atoms with van der Waals surface area (Å²) in [6, 6.07) is 2.72. The van der Waals surface area contributed by atoms with Crippen molar-refractivity contribution in [2.45, 2.75) is 11.4 Å². The molecule has 0 saturated heterocycles. The molecule has 2 rings (SSSR count). The fraction of sp³-hybridized carbons (Fsp3) is 0.182. The number of nitrogens with zero attached hydrogens (tertiary/aromatic N) is 2. The number of anilines is 1. The van der Waals surface area contributed by atoms with Crippen molar-refractivity contribution in [2.75, 3.05) is 12.3 Å². The number of imidazole rings is 1. The normalized spacial score (nSPS) is 11.7. The molecule has 0 spiro atoms. The Labute approximate surface area is 126 Å². The van der Waals surface area contributed by atoms with Gasteiger partial charge in [-0.2, -0.15) is 0 Å². The molecule has 108 valence electrons. The third kappa shape index (κ3) is 3.24. The molecule has 3 N–H and O–H groups in total. The second kappa shape index (κ2) is 6.01. The van der Waals surface area contributed by atoms with Gasteiger partial charge in [0.1, 0.15) is 4.90 Å². The van der Waals surface area contributed by atoms with Gasteiger partial charge in [-0.05, 0) is 12.1 Å². The van der Waals surface area contributed by atoms with Crippen LogP contribution in [0.2, 0.25) is 10.0 Å². The van der Waals surface area contributed by atoms with Gasteiger partial charge in [-0.25, -0.2) is 18.1 Å². The van der Waals surface area contributed by atoms with E-state index in [0.29, 0.717) is 6.54 Å². The summed E-state index contributed by atoms with van der Waals surface area (Å²) in [5.41, 5.74) is 5.66. The highest BCUT2D eigenvalue weighted by molar-refractivity contribution is 7.89. The smallest absolute Gasteiger partial charge is 0.242 e. The number of nitrogen functional groups attached to an aromatic ring is 1. The van der Waals surface area contributed by atoms with Gasteiger partial charge in [0.15, 0.2) is 0 Å². The number of nitrogens with one attached hydrogen (secondary N) is 1. The summed E-state index contributed by atoms with van der Waals surface area (Å²) in [7, 11) is -3.74. The van der Waals surface area contributed by atoms with Gasteiger partial charge < -0.3 is 10.3 Å². The monoisotopic (exact) mass is 334 g/mol. The molecule has 0 atom stereocenters. The second-order valence-corrected chi connectivity index (χ2v) is 6.49. The van der Waals surface area contributed by atoms with E-state index < -0.39 is 10.0 Å². The Hall–Kier alpha value is -1.28. The largest absolute Gasteiger partial charge is 0.396 e. The highest BCUT2D eigenvalue weighted by atomic mass is 35.5. The summed E-state index contributed by atoms with van der Waals surface area (Å²) in [6.45, 7) is 0.664. The van der Waals surface area contributed by atoms with Crippen LogP contribution in [0.4, 0.5) is 5.69 Å². The van der Waals surface area contributed by atoms with Crippen molar-refractivity contribution in [1.82, 2.24) is 14.3 Å². The van der Waals surface area contributed by atoms with Gasteiger partial charge in [-0.1, -0.05) is 23.2 Å². The fourth-order valence-corrected chi connectivity index (χ4v) is 3.35. The van der Waals surface area contributed by atoms with Crippen molar-refractivity contribution < 1.29 is 8.42 Å². The molecule has 9 heteroatoms. The zero-order valence-corrected chi connectivity index (χ0v) is 12.6. The molecule has 0 saturated carbocycles. The molecule has 0 aliphatic rings. The zero-order chi connectivity index (χ0) is 14.8. The Morgan fingerprint density at radius 1 is 1.35 bits per heavy atom. The van der Waals surface area contributed by atoms with Gasteiger partial charge in [0.05, 0.1) is 22.1 Å². The van der Waals surface area contributed by atoms with E-state index in [9.17, 15) is 8.42 Å². The minimum absolute atomic E-state index is 0.0471. The first kappa shape index (κ1) is 15.1. The van der Waals surface area contributed by atoms with Crippen molar-refractivity contribution in [3.05, 3.63) is 40.9 Å². The summed E-state index contributed by atoms with van der Waals surface area (Å²) in [5.74, 6) is 0. The Morgan fingerprint density at radius 2 is 2.10 bits per heavy atom. The Kier molecular flexibility index (Phi) is 4.54. The van der Waals surface area contributed by atoms with E-state index in [1.165, 1.54) is 12.1 Å². The molecule has 0 aliphatic heterocycles. The van der Waals surface area contributed by atoms with Crippen LogP contribution in [0.1, 0.15) is 0 Å². The highest BCUT2D eigenvalue weighted by Gasteiger charge is 2.20. The molecule has 0 radical (unpaired) electrons. The predicted molar refractivity (Wildman–Crippen MR) is 78.3 cm³/mol. The molecule has 1 heterocycles. The zero-order valence-electron chi connectivity index (χ0n) is 10.3. The lowest BCUT2D eigenvalue weighted by atomic mass is 10.3. The summed E-state index contributed by atoms with van der Waals surface area (Å²) < 4.78 is 28.4. The SMILES string of the molecule is Nc1c(Cl)ccc(S(=O)(=O)NCCn2ccnc2)c1Cl. The maximum atomic E-state index is 12.1. The molecule has 20 heavy (non-hydrogen) atoms. The van der Waals surface area contributed by atoms with Crippen LogP contribution < -0.4 is 10.5 Å². The van der Waals surface area contributed by atoms with E-state index in [0.717, 1.165) is 0 Å². The van der Waals surface area contributed by atoms with E-state index in [2.05, 4.69) is 9.71 Å². The Morgan fingerprint density at radius 3 is 2.75 bits per heavy atom. The lowest BCUT2D eigenvalue weighted by Gasteiger charge is -2.10. The van der Waals surface area contributed by atoms with Crippen molar-refractivity contribution in [1.29, 1.82) is 0 Å². The van der Waals surface area contributed by atoms with Gasteiger partial charge in [-0.15, -0.1) is 0 Å². The van der Waals surface area contributed by atoms with Gasteiger partial charge in [0.2, 0.25) is 10.0 Å². The van der Waals surface area contributed by atoms with Crippen molar-refractivity contribution >= 4 is 38.9 Å². The summed E-state index contributed by atoms with van der Waals surface area (Å²) >= 11 is 11.7. The number of aromatic nitrogens is 2.